The van der Waals surface area contributed by atoms with Crippen LogP contribution in [0.25, 0.3) is 0 Å². The number of sulfonamides is 1. The molecule has 1 fully saturated rings. The molecule has 0 saturated heterocycles. The van der Waals surface area contributed by atoms with E-state index < -0.39 is 14.8 Å². The Labute approximate surface area is 89.8 Å². The molecule has 0 bridgehead atoms. The molecule has 4 nitrogen and oxygen atoms in total. The lowest BCUT2D eigenvalue weighted by atomic mass is 10.3. The molecule has 1 aliphatic rings. The molecule has 0 atom stereocenters. The van der Waals surface area contributed by atoms with Crippen molar-refractivity contribution in [3.05, 3.63) is 23.9 Å². The summed E-state index contributed by atoms with van der Waals surface area (Å²) >= 11 is 0. The quantitative estimate of drug-likeness (QED) is 0.853. The third-order valence-electron chi connectivity index (χ3n) is 2.84. The largest absolute Gasteiger partial charge is 0.267 e. The van der Waals surface area contributed by atoms with E-state index in [1.54, 1.807) is 19.2 Å². The standard InChI is InChI=1S/C10H14N2O2S/c1-8-4-3-7-11-9(8)12-15(13,14)10(2)5-6-10/h3-4,7H,5-6H2,1-2H3,(H,11,12). The molecule has 5 heteroatoms. The Balaban J connectivity index is 2.27. The smallest absolute Gasteiger partial charge is 0.239 e. The topological polar surface area (TPSA) is 59.1 Å². The monoisotopic (exact) mass is 226 g/mol. The zero-order chi connectivity index (χ0) is 11.1. The fourth-order valence-electron chi connectivity index (χ4n) is 1.29. The third kappa shape index (κ3) is 1.84. The molecule has 2 rings (SSSR count). The van der Waals surface area contributed by atoms with E-state index in [-0.39, 0.29) is 0 Å². The summed E-state index contributed by atoms with van der Waals surface area (Å²) in [5, 5.41) is 0. The number of hydrogen-bond acceptors (Lipinski definition) is 3. The lowest BCUT2D eigenvalue weighted by Crippen LogP contribution is -2.27. The van der Waals surface area contributed by atoms with Crippen molar-refractivity contribution in [2.24, 2.45) is 0 Å². The Hall–Kier alpha value is -1.10. The zero-order valence-corrected chi connectivity index (χ0v) is 9.63. The molecule has 1 heterocycles. The van der Waals surface area contributed by atoms with Crippen LogP contribution in [0.15, 0.2) is 18.3 Å². The maximum absolute atomic E-state index is 11.9. The maximum atomic E-state index is 11.9. The average Bonchev–Trinajstić information content (AvgIpc) is 2.89. The first-order chi connectivity index (χ1) is 6.95. The minimum atomic E-state index is -3.27. The van der Waals surface area contributed by atoms with Crippen LogP contribution in [0.3, 0.4) is 0 Å². The third-order valence-corrected chi connectivity index (χ3v) is 5.01. The SMILES string of the molecule is Cc1cccnc1NS(=O)(=O)C1(C)CC1. The maximum Gasteiger partial charge on any atom is 0.239 e. The second-order valence-corrected chi connectivity index (χ2v) is 6.42. The van der Waals surface area contributed by atoms with Crippen molar-refractivity contribution in [2.45, 2.75) is 31.4 Å². The van der Waals surface area contributed by atoms with Crippen LogP contribution in [0.2, 0.25) is 0 Å². The van der Waals surface area contributed by atoms with E-state index in [2.05, 4.69) is 9.71 Å². The lowest BCUT2D eigenvalue weighted by Gasteiger charge is -2.13. The van der Waals surface area contributed by atoms with E-state index in [4.69, 9.17) is 0 Å². The van der Waals surface area contributed by atoms with Gasteiger partial charge in [-0.05, 0) is 38.3 Å². The van der Waals surface area contributed by atoms with Gasteiger partial charge in [0.25, 0.3) is 0 Å². The van der Waals surface area contributed by atoms with Crippen molar-refractivity contribution >= 4 is 15.8 Å². The summed E-state index contributed by atoms with van der Waals surface area (Å²) in [6.45, 7) is 3.59. The first kappa shape index (κ1) is 10.4. The number of pyridine rings is 1. The Bertz CT molecular complexity index is 478. The van der Waals surface area contributed by atoms with E-state index >= 15 is 0 Å². The van der Waals surface area contributed by atoms with Crippen molar-refractivity contribution in [1.29, 1.82) is 0 Å². The lowest BCUT2D eigenvalue weighted by molar-refractivity contribution is 0.587. The second-order valence-electron chi connectivity index (χ2n) is 4.22. The molecule has 1 N–H and O–H groups in total. The number of anilines is 1. The molecule has 1 aromatic rings. The highest BCUT2D eigenvalue weighted by Crippen LogP contribution is 2.43. The summed E-state index contributed by atoms with van der Waals surface area (Å²) in [4.78, 5) is 4.01. The molecule has 1 aliphatic carbocycles. The number of aromatic nitrogens is 1. The summed E-state index contributed by atoms with van der Waals surface area (Å²) < 4.78 is 25.7. The van der Waals surface area contributed by atoms with Gasteiger partial charge in [-0.2, -0.15) is 0 Å². The van der Waals surface area contributed by atoms with E-state index in [1.165, 1.54) is 0 Å². The number of aryl methyl sites for hydroxylation is 1. The summed E-state index contributed by atoms with van der Waals surface area (Å²) in [6, 6.07) is 3.62. The molecule has 0 unspecified atom stereocenters. The molecular weight excluding hydrogens is 212 g/mol. The molecule has 82 valence electrons. The molecule has 1 aromatic heterocycles. The van der Waals surface area contributed by atoms with E-state index in [0.717, 1.165) is 18.4 Å². The highest BCUT2D eigenvalue weighted by Gasteiger charge is 2.50. The number of nitrogens with one attached hydrogen (secondary N) is 1. The number of nitrogens with zero attached hydrogens (tertiary/aromatic N) is 1. The minimum Gasteiger partial charge on any atom is -0.267 e. The first-order valence-electron chi connectivity index (χ1n) is 4.89. The van der Waals surface area contributed by atoms with E-state index in [1.807, 2.05) is 13.0 Å². The van der Waals surface area contributed by atoms with Gasteiger partial charge < -0.3 is 0 Å². The van der Waals surface area contributed by atoms with Crippen molar-refractivity contribution < 1.29 is 8.42 Å². The van der Waals surface area contributed by atoms with Crippen molar-refractivity contribution in [2.75, 3.05) is 4.72 Å². The van der Waals surface area contributed by atoms with Crippen LogP contribution in [0.1, 0.15) is 25.3 Å². The first-order valence-corrected chi connectivity index (χ1v) is 6.37. The molecule has 0 aliphatic heterocycles. The molecular formula is C10H14N2O2S. The van der Waals surface area contributed by atoms with Gasteiger partial charge in [0.2, 0.25) is 10.0 Å². The van der Waals surface area contributed by atoms with Gasteiger partial charge in [-0.3, -0.25) is 4.72 Å². The van der Waals surface area contributed by atoms with E-state index in [9.17, 15) is 8.42 Å². The molecule has 0 amide bonds. The van der Waals surface area contributed by atoms with Crippen molar-refractivity contribution in [1.82, 2.24) is 4.98 Å². The van der Waals surface area contributed by atoms with Crippen LogP contribution in [0.5, 0.6) is 0 Å². The summed E-state index contributed by atoms with van der Waals surface area (Å²) in [6.07, 6.45) is 3.04. The highest BCUT2D eigenvalue weighted by molar-refractivity contribution is 7.94. The number of rotatable bonds is 3. The van der Waals surface area contributed by atoms with Crippen LogP contribution in [0, 0.1) is 6.92 Å². The van der Waals surface area contributed by atoms with Crippen LogP contribution < -0.4 is 4.72 Å². The number of hydrogen-bond donors (Lipinski definition) is 1. The van der Waals surface area contributed by atoms with Gasteiger partial charge in [0.15, 0.2) is 0 Å². The van der Waals surface area contributed by atoms with Gasteiger partial charge in [-0.15, -0.1) is 0 Å². The fraction of sp³-hybridized carbons (Fsp3) is 0.500. The van der Waals surface area contributed by atoms with Gasteiger partial charge in [-0.25, -0.2) is 13.4 Å². The molecule has 1 saturated carbocycles. The van der Waals surface area contributed by atoms with Crippen LogP contribution in [-0.2, 0) is 10.0 Å². The Morgan fingerprint density at radius 1 is 1.47 bits per heavy atom. The minimum absolute atomic E-state index is 0.436. The normalized spacial score (nSPS) is 18.5. The summed E-state index contributed by atoms with van der Waals surface area (Å²) in [5.74, 6) is 0.436. The molecule has 0 radical (unpaired) electrons. The average molecular weight is 226 g/mol. The molecule has 0 aromatic carbocycles. The van der Waals surface area contributed by atoms with Crippen LogP contribution in [-0.4, -0.2) is 18.1 Å². The van der Waals surface area contributed by atoms with Gasteiger partial charge in [-0.1, -0.05) is 6.07 Å². The van der Waals surface area contributed by atoms with Gasteiger partial charge in [0, 0.05) is 6.20 Å². The Kier molecular flexibility index (Phi) is 2.22. The second kappa shape index (κ2) is 3.20. The Morgan fingerprint density at radius 2 is 2.13 bits per heavy atom. The predicted molar refractivity (Wildman–Crippen MR) is 59.2 cm³/mol. The molecule has 0 spiro atoms. The fourth-order valence-corrected chi connectivity index (χ4v) is 2.64. The summed E-state index contributed by atoms with van der Waals surface area (Å²) in [5.41, 5.74) is 0.838. The van der Waals surface area contributed by atoms with E-state index in [0.29, 0.717) is 5.82 Å². The van der Waals surface area contributed by atoms with Crippen LogP contribution >= 0.6 is 0 Å². The van der Waals surface area contributed by atoms with Crippen molar-refractivity contribution in [3.8, 4) is 0 Å². The molecule has 15 heavy (non-hydrogen) atoms. The predicted octanol–water partition coefficient (Wildman–Crippen LogP) is 1.68. The summed E-state index contributed by atoms with van der Waals surface area (Å²) in [7, 11) is -3.27. The van der Waals surface area contributed by atoms with Crippen molar-refractivity contribution in [3.63, 3.8) is 0 Å². The van der Waals surface area contributed by atoms with Gasteiger partial charge >= 0.3 is 0 Å². The van der Waals surface area contributed by atoms with Crippen LogP contribution in [0.4, 0.5) is 5.82 Å². The highest BCUT2D eigenvalue weighted by atomic mass is 32.2. The van der Waals surface area contributed by atoms with Gasteiger partial charge in [0.1, 0.15) is 5.82 Å². The Morgan fingerprint density at radius 3 is 2.67 bits per heavy atom. The zero-order valence-electron chi connectivity index (χ0n) is 8.82. The van der Waals surface area contributed by atoms with Gasteiger partial charge in [0.05, 0.1) is 4.75 Å².